The third kappa shape index (κ3) is 5.99. The number of ether oxygens (including phenoxy) is 2. The lowest BCUT2D eigenvalue weighted by atomic mass is 10.1. The molecule has 0 saturated heterocycles. The Morgan fingerprint density at radius 2 is 1.95 bits per heavy atom. The normalized spacial score (nSPS) is 11.3. The van der Waals surface area contributed by atoms with Crippen LogP contribution in [0.1, 0.15) is 12.8 Å². The first-order chi connectivity index (χ1) is 10.1. The number of hydrogen-bond acceptors (Lipinski definition) is 4. The maximum atomic E-state index is 11.7. The quantitative estimate of drug-likeness (QED) is 0.676. The molecule has 114 valence electrons. The number of aliphatic carboxylic acids is 1. The molecule has 0 saturated carbocycles. The van der Waals surface area contributed by atoms with Gasteiger partial charge in [-0.2, -0.15) is 0 Å². The summed E-state index contributed by atoms with van der Waals surface area (Å²) >= 11 is 0. The molecule has 0 aliphatic carbocycles. The molecule has 2 N–H and O–H groups in total. The number of benzene rings is 1. The topological polar surface area (TPSA) is 84.9 Å². The number of methoxy groups -OCH3 is 1. The van der Waals surface area contributed by atoms with Gasteiger partial charge in [0.15, 0.2) is 6.61 Å². The van der Waals surface area contributed by atoms with Gasteiger partial charge in [-0.1, -0.05) is 6.08 Å². The number of carboxylic acids is 1. The van der Waals surface area contributed by atoms with Crippen molar-refractivity contribution in [3.8, 4) is 11.5 Å². The highest BCUT2D eigenvalue weighted by molar-refractivity contribution is 5.84. The molecule has 1 aromatic rings. The number of allylic oxidation sites excluding steroid dienone is 1. The Kier molecular flexibility index (Phi) is 6.80. The number of amides is 1. The lowest BCUT2D eigenvalue weighted by molar-refractivity contribution is -0.142. The summed E-state index contributed by atoms with van der Waals surface area (Å²) in [6, 6.07) is 5.81. The molecule has 1 unspecified atom stereocenters. The predicted octanol–water partition coefficient (Wildman–Crippen LogP) is 1.61. The smallest absolute Gasteiger partial charge is 0.326 e. The average molecular weight is 293 g/mol. The van der Waals surface area contributed by atoms with Crippen LogP contribution in [0.3, 0.4) is 0 Å². The van der Waals surface area contributed by atoms with Crippen LogP contribution in [0.4, 0.5) is 0 Å². The maximum Gasteiger partial charge on any atom is 0.326 e. The molecule has 0 aromatic heterocycles. The first kappa shape index (κ1) is 16.6. The van der Waals surface area contributed by atoms with Crippen molar-refractivity contribution in [1.29, 1.82) is 0 Å². The zero-order valence-electron chi connectivity index (χ0n) is 11.9. The Hall–Kier alpha value is -2.50. The Morgan fingerprint density at radius 1 is 1.33 bits per heavy atom. The number of rotatable bonds is 9. The summed E-state index contributed by atoms with van der Waals surface area (Å²) in [5.41, 5.74) is 0. The van der Waals surface area contributed by atoms with Gasteiger partial charge in [0.2, 0.25) is 0 Å². The molecular weight excluding hydrogens is 274 g/mol. The number of nitrogens with one attached hydrogen (secondary N) is 1. The summed E-state index contributed by atoms with van der Waals surface area (Å²) in [4.78, 5) is 22.6. The van der Waals surface area contributed by atoms with Crippen molar-refractivity contribution in [2.75, 3.05) is 13.7 Å². The lowest BCUT2D eigenvalue weighted by Gasteiger charge is -2.14. The van der Waals surface area contributed by atoms with Gasteiger partial charge in [-0.05, 0) is 37.1 Å². The monoisotopic (exact) mass is 293 g/mol. The van der Waals surface area contributed by atoms with Gasteiger partial charge in [0.05, 0.1) is 7.11 Å². The van der Waals surface area contributed by atoms with Crippen LogP contribution in [0.2, 0.25) is 0 Å². The van der Waals surface area contributed by atoms with Gasteiger partial charge in [0.25, 0.3) is 5.91 Å². The van der Waals surface area contributed by atoms with Crippen molar-refractivity contribution in [3.63, 3.8) is 0 Å². The van der Waals surface area contributed by atoms with E-state index in [0.717, 1.165) is 0 Å². The first-order valence-corrected chi connectivity index (χ1v) is 6.46. The van der Waals surface area contributed by atoms with Gasteiger partial charge in [0, 0.05) is 0 Å². The lowest BCUT2D eigenvalue weighted by Crippen LogP contribution is -2.42. The largest absolute Gasteiger partial charge is 0.497 e. The van der Waals surface area contributed by atoms with Crippen LogP contribution in [0.25, 0.3) is 0 Å². The maximum absolute atomic E-state index is 11.7. The molecule has 6 heteroatoms. The molecule has 1 amide bonds. The van der Waals surface area contributed by atoms with Crippen LogP contribution < -0.4 is 14.8 Å². The minimum atomic E-state index is -1.07. The molecular formula is C15H19NO5. The van der Waals surface area contributed by atoms with Gasteiger partial charge in [-0.25, -0.2) is 4.79 Å². The van der Waals surface area contributed by atoms with E-state index in [2.05, 4.69) is 11.9 Å². The standard InChI is InChI=1S/C15H19NO5/c1-3-4-5-13(15(18)19)16-14(17)10-21-12-8-6-11(20-2)7-9-12/h3,6-9,13H,1,4-5,10H2,2H3,(H,16,17)(H,18,19). The zero-order valence-corrected chi connectivity index (χ0v) is 11.9. The molecule has 0 bridgehead atoms. The minimum absolute atomic E-state index is 0.246. The van der Waals surface area contributed by atoms with E-state index in [1.807, 2.05) is 0 Å². The minimum Gasteiger partial charge on any atom is -0.497 e. The molecule has 0 radical (unpaired) electrons. The highest BCUT2D eigenvalue weighted by atomic mass is 16.5. The van der Waals surface area contributed by atoms with E-state index in [0.29, 0.717) is 24.3 Å². The van der Waals surface area contributed by atoms with Crippen LogP contribution in [0.15, 0.2) is 36.9 Å². The highest BCUT2D eigenvalue weighted by Crippen LogP contribution is 2.16. The fourth-order valence-electron chi connectivity index (χ4n) is 1.60. The first-order valence-electron chi connectivity index (χ1n) is 6.46. The van der Waals surface area contributed by atoms with E-state index in [-0.39, 0.29) is 6.61 Å². The Morgan fingerprint density at radius 3 is 2.48 bits per heavy atom. The Balaban J connectivity index is 2.44. The third-order valence-corrected chi connectivity index (χ3v) is 2.72. The van der Waals surface area contributed by atoms with E-state index < -0.39 is 17.9 Å². The SMILES string of the molecule is C=CCCC(NC(=O)COc1ccc(OC)cc1)C(=O)O. The van der Waals surface area contributed by atoms with Crippen molar-refractivity contribution in [1.82, 2.24) is 5.32 Å². The molecule has 0 spiro atoms. The number of carbonyl (C=O) groups is 2. The molecule has 0 heterocycles. The van der Waals surface area contributed by atoms with Gasteiger partial charge in [-0.3, -0.25) is 4.79 Å². The molecule has 21 heavy (non-hydrogen) atoms. The second-order valence-corrected chi connectivity index (χ2v) is 4.29. The molecule has 6 nitrogen and oxygen atoms in total. The summed E-state index contributed by atoms with van der Waals surface area (Å²) < 4.78 is 10.3. The van der Waals surface area contributed by atoms with Gasteiger partial charge in [0.1, 0.15) is 17.5 Å². The summed E-state index contributed by atoms with van der Waals surface area (Å²) in [6.45, 7) is 3.27. The van der Waals surface area contributed by atoms with Crippen LogP contribution >= 0.6 is 0 Å². The fraction of sp³-hybridized carbons (Fsp3) is 0.333. The van der Waals surface area contributed by atoms with Crippen molar-refractivity contribution in [2.45, 2.75) is 18.9 Å². The van der Waals surface area contributed by atoms with Crippen molar-refractivity contribution in [3.05, 3.63) is 36.9 Å². The summed E-state index contributed by atoms with van der Waals surface area (Å²) in [7, 11) is 1.55. The second kappa shape index (κ2) is 8.63. The van der Waals surface area contributed by atoms with E-state index >= 15 is 0 Å². The highest BCUT2D eigenvalue weighted by Gasteiger charge is 2.19. The summed E-state index contributed by atoms with van der Waals surface area (Å²) in [5, 5.41) is 11.4. The Labute approximate surface area is 123 Å². The summed E-state index contributed by atoms with van der Waals surface area (Å²) in [6.07, 6.45) is 2.42. The van der Waals surface area contributed by atoms with Crippen LogP contribution in [0, 0.1) is 0 Å². The zero-order chi connectivity index (χ0) is 15.7. The average Bonchev–Trinajstić information content (AvgIpc) is 2.49. The van der Waals surface area contributed by atoms with Gasteiger partial charge in [-0.15, -0.1) is 6.58 Å². The predicted molar refractivity (Wildman–Crippen MR) is 77.5 cm³/mol. The van der Waals surface area contributed by atoms with Crippen LogP contribution in [-0.2, 0) is 9.59 Å². The molecule has 1 atom stereocenters. The molecule has 0 aliphatic rings. The second-order valence-electron chi connectivity index (χ2n) is 4.29. The van der Waals surface area contributed by atoms with E-state index in [4.69, 9.17) is 14.6 Å². The van der Waals surface area contributed by atoms with E-state index in [1.165, 1.54) is 0 Å². The van der Waals surface area contributed by atoms with E-state index in [1.54, 1.807) is 37.5 Å². The van der Waals surface area contributed by atoms with Crippen molar-refractivity contribution < 1.29 is 24.2 Å². The fourth-order valence-corrected chi connectivity index (χ4v) is 1.60. The van der Waals surface area contributed by atoms with Crippen molar-refractivity contribution >= 4 is 11.9 Å². The molecule has 1 rings (SSSR count). The third-order valence-electron chi connectivity index (χ3n) is 2.72. The van der Waals surface area contributed by atoms with Gasteiger partial charge < -0.3 is 19.9 Å². The number of carbonyl (C=O) groups excluding carboxylic acids is 1. The molecule has 0 aliphatic heterocycles. The number of carboxylic acid groups (broad SMARTS) is 1. The molecule has 1 aromatic carbocycles. The van der Waals surface area contributed by atoms with Gasteiger partial charge >= 0.3 is 5.97 Å². The summed E-state index contributed by atoms with van der Waals surface area (Å²) in [5.74, 6) is -0.372. The molecule has 0 fully saturated rings. The Bertz CT molecular complexity index is 483. The van der Waals surface area contributed by atoms with Crippen LogP contribution in [-0.4, -0.2) is 36.7 Å². The van der Waals surface area contributed by atoms with Crippen molar-refractivity contribution in [2.24, 2.45) is 0 Å². The van der Waals surface area contributed by atoms with E-state index in [9.17, 15) is 9.59 Å². The number of hydrogen-bond donors (Lipinski definition) is 2. The van der Waals surface area contributed by atoms with Crippen LogP contribution in [0.5, 0.6) is 11.5 Å².